The minimum absolute atomic E-state index is 0.0116. The number of ether oxygens (including phenoxy) is 1. The summed E-state index contributed by atoms with van der Waals surface area (Å²) in [5.74, 6) is 0.745. The molecule has 4 nitrogen and oxygen atoms in total. The zero-order valence-electron chi connectivity index (χ0n) is 14.3. The molecule has 0 N–H and O–H groups in total. The van der Waals surface area contributed by atoms with Crippen LogP contribution in [0.1, 0.15) is 5.56 Å². The number of imidazole rings is 1. The highest BCUT2D eigenvalue weighted by Crippen LogP contribution is 2.31. The fraction of sp³-hybridized carbons (Fsp3) is 0.143. The summed E-state index contributed by atoms with van der Waals surface area (Å²) in [7, 11) is 3.65. The number of hydrogen-bond acceptors (Lipinski definition) is 2. The molecule has 0 bridgehead atoms. The predicted octanol–water partition coefficient (Wildman–Crippen LogP) is 3.34. The Labute approximate surface area is 143 Å². The summed E-state index contributed by atoms with van der Waals surface area (Å²) in [6, 6.07) is 16.1. The van der Waals surface area contributed by atoms with Gasteiger partial charge in [0.05, 0.1) is 24.9 Å². The second kappa shape index (κ2) is 4.70. The zero-order chi connectivity index (χ0) is 17.3. The molecule has 0 atom stereocenters. The number of aromatic nitrogens is 2. The highest BCUT2D eigenvalue weighted by Gasteiger charge is 2.25. The van der Waals surface area contributed by atoms with Gasteiger partial charge in [0.15, 0.2) is 11.0 Å². The van der Waals surface area contributed by atoms with Crippen LogP contribution < -0.4 is 14.9 Å². The summed E-state index contributed by atoms with van der Waals surface area (Å²) in [4.78, 5) is 13.3. The average molecular weight is 329 g/mol. The summed E-state index contributed by atoms with van der Waals surface area (Å²) >= 11 is 0. The fourth-order valence-electron chi connectivity index (χ4n) is 4.02. The third-order valence-electron chi connectivity index (χ3n) is 5.25. The Morgan fingerprint density at radius 1 is 1.00 bits per heavy atom. The molecule has 2 heterocycles. The maximum Gasteiger partial charge on any atom is 0.347 e. The average Bonchev–Trinajstić information content (AvgIpc) is 2.93. The van der Waals surface area contributed by atoms with Gasteiger partial charge >= 0.3 is 5.56 Å². The van der Waals surface area contributed by atoms with Crippen molar-refractivity contribution in [1.82, 2.24) is 4.40 Å². The first-order valence-corrected chi connectivity index (χ1v) is 8.27. The Bertz CT molecular complexity index is 1370. The van der Waals surface area contributed by atoms with Crippen LogP contribution in [0.4, 0.5) is 0 Å². The van der Waals surface area contributed by atoms with Gasteiger partial charge in [-0.1, -0.05) is 18.2 Å². The van der Waals surface area contributed by atoms with Crippen molar-refractivity contribution >= 4 is 38.2 Å². The van der Waals surface area contributed by atoms with Gasteiger partial charge in [0.1, 0.15) is 5.75 Å². The molecule has 0 unspecified atom stereocenters. The Morgan fingerprint density at radius 2 is 1.80 bits per heavy atom. The monoisotopic (exact) mass is 329 g/mol. The maximum atomic E-state index is 13.3. The van der Waals surface area contributed by atoms with Crippen LogP contribution in [0, 0.1) is 6.92 Å². The van der Waals surface area contributed by atoms with Crippen molar-refractivity contribution < 1.29 is 9.30 Å². The third kappa shape index (κ3) is 1.66. The molecule has 122 valence electrons. The van der Waals surface area contributed by atoms with Crippen LogP contribution in [0.3, 0.4) is 0 Å². The summed E-state index contributed by atoms with van der Waals surface area (Å²) in [5.41, 5.74) is 3.98. The van der Waals surface area contributed by atoms with Crippen molar-refractivity contribution in [3.63, 3.8) is 0 Å². The van der Waals surface area contributed by atoms with E-state index < -0.39 is 0 Å². The molecule has 25 heavy (non-hydrogen) atoms. The molecular weight excluding hydrogens is 312 g/mol. The Balaban J connectivity index is 2.19. The van der Waals surface area contributed by atoms with Crippen LogP contribution in [0.5, 0.6) is 5.75 Å². The number of fused-ring (bicyclic) bond motifs is 4. The second-order valence-corrected chi connectivity index (χ2v) is 6.54. The van der Waals surface area contributed by atoms with E-state index in [1.165, 1.54) is 5.56 Å². The first-order chi connectivity index (χ1) is 12.1. The summed E-state index contributed by atoms with van der Waals surface area (Å²) < 4.78 is 9.27. The lowest BCUT2D eigenvalue weighted by Crippen LogP contribution is -2.29. The van der Waals surface area contributed by atoms with Gasteiger partial charge < -0.3 is 4.74 Å². The molecular formula is C21H17N2O2+. The lowest BCUT2D eigenvalue weighted by atomic mass is 9.99. The fourth-order valence-corrected chi connectivity index (χ4v) is 4.02. The lowest BCUT2D eigenvalue weighted by molar-refractivity contribution is -0.617. The van der Waals surface area contributed by atoms with E-state index in [4.69, 9.17) is 4.74 Å². The highest BCUT2D eigenvalue weighted by atomic mass is 16.5. The first-order valence-electron chi connectivity index (χ1n) is 8.27. The molecule has 0 radical (unpaired) electrons. The van der Waals surface area contributed by atoms with E-state index in [1.54, 1.807) is 7.11 Å². The van der Waals surface area contributed by atoms with Gasteiger partial charge in [-0.15, -0.1) is 0 Å². The molecule has 4 heteroatoms. The van der Waals surface area contributed by atoms with Gasteiger partial charge in [0.2, 0.25) is 0 Å². The number of hydrogen-bond donors (Lipinski definition) is 0. The van der Waals surface area contributed by atoms with Crippen LogP contribution in [-0.4, -0.2) is 11.5 Å². The number of methoxy groups -OCH3 is 1. The maximum absolute atomic E-state index is 13.3. The largest absolute Gasteiger partial charge is 0.497 e. The molecule has 0 aliphatic rings. The lowest BCUT2D eigenvalue weighted by Gasteiger charge is -2.06. The third-order valence-corrected chi connectivity index (χ3v) is 5.25. The first kappa shape index (κ1) is 14.2. The van der Waals surface area contributed by atoms with Gasteiger partial charge in [0.25, 0.3) is 5.65 Å². The Morgan fingerprint density at radius 3 is 2.60 bits per heavy atom. The number of pyridine rings is 1. The highest BCUT2D eigenvalue weighted by molar-refractivity contribution is 6.15. The van der Waals surface area contributed by atoms with Crippen molar-refractivity contribution in [2.75, 3.05) is 7.11 Å². The quantitative estimate of drug-likeness (QED) is 0.442. The molecule has 2 aromatic heterocycles. The minimum Gasteiger partial charge on any atom is -0.497 e. The molecule has 0 aliphatic heterocycles. The SMILES string of the molecule is COc1ccc2c(c1)n1c(=O)c3ccc(C)c4cccc(c43)c1[n+]2C. The van der Waals surface area contributed by atoms with Crippen LogP contribution in [0.15, 0.2) is 53.3 Å². The van der Waals surface area contributed by atoms with E-state index in [0.717, 1.165) is 44.0 Å². The number of rotatable bonds is 1. The minimum atomic E-state index is 0.0116. The summed E-state index contributed by atoms with van der Waals surface area (Å²) in [6.07, 6.45) is 0. The van der Waals surface area contributed by atoms with Crippen molar-refractivity contribution in [3.8, 4) is 5.75 Å². The van der Waals surface area contributed by atoms with Crippen LogP contribution >= 0.6 is 0 Å². The second-order valence-electron chi connectivity index (χ2n) is 6.54. The smallest absolute Gasteiger partial charge is 0.347 e. The Hall–Kier alpha value is -3.14. The predicted molar refractivity (Wildman–Crippen MR) is 99.8 cm³/mol. The van der Waals surface area contributed by atoms with Gasteiger partial charge in [0, 0.05) is 11.5 Å². The van der Waals surface area contributed by atoms with Crippen molar-refractivity contribution in [1.29, 1.82) is 0 Å². The summed E-state index contributed by atoms with van der Waals surface area (Å²) in [5, 5.41) is 4.03. The van der Waals surface area contributed by atoms with E-state index in [-0.39, 0.29) is 5.56 Å². The standard InChI is InChI=1S/C21H17N2O2/c1-12-7-9-16-19-14(12)5-4-6-15(19)20-22(2)17-10-8-13(25-3)11-18(17)23(20)21(16)24/h4-11H,1-3H3/q+1. The molecule has 0 saturated heterocycles. The van der Waals surface area contributed by atoms with E-state index in [1.807, 2.05) is 41.8 Å². The van der Waals surface area contributed by atoms with Crippen molar-refractivity contribution in [2.45, 2.75) is 6.92 Å². The zero-order valence-corrected chi connectivity index (χ0v) is 14.3. The normalized spacial score (nSPS) is 12.0. The molecule has 0 fully saturated rings. The van der Waals surface area contributed by atoms with E-state index in [2.05, 4.69) is 29.7 Å². The molecule has 0 aliphatic carbocycles. The van der Waals surface area contributed by atoms with E-state index >= 15 is 0 Å². The van der Waals surface area contributed by atoms with E-state index in [0.29, 0.717) is 0 Å². The van der Waals surface area contributed by atoms with Crippen LogP contribution in [0.25, 0.3) is 38.2 Å². The number of benzene rings is 3. The van der Waals surface area contributed by atoms with E-state index in [9.17, 15) is 4.79 Å². The number of nitrogens with zero attached hydrogens (tertiary/aromatic N) is 2. The summed E-state index contributed by atoms with van der Waals surface area (Å²) in [6.45, 7) is 2.09. The van der Waals surface area contributed by atoms with Crippen LogP contribution in [0.2, 0.25) is 0 Å². The molecule has 3 aromatic carbocycles. The van der Waals surface area contributed by atoms with Gasteiger partial charge in [-0.25, -0.2) is 9.36 Å². The van der Waals surface area contributed by atoms with Gasteiger partial charge in [-0.2, -0.15) is 4.40 Å². The topological polar surface area (TPSA) is 34.6 Å². The van der Waals surface area contributed by atoms with Gasteiger partial charge in [-0.3, -0.25) is 0 Å². The molecule has 0 spiro atoms. The molecule has 0 amide bonds. The van der Waals surface area contributed by atoms with Crippen molar-refractivity contribution in [3.05, 3.63) is 64.4 Å². The van der Waals surface area contributed by atoms with Crippen molar-refractivity contribution in [2.24, 2.45) is 7.05 Å². The number of aryl methyl sites for hydroxylation is 2. The molecule has 5 aromatic rings. The molecule has 5 rings (SSSR count). The Kier molecular flexibility index (Phi) is 2.67. The van der Waals surface area contributed by atoms with Crippen LogP contribution in [-0.2, 0) is 7.05 Å². The van der Waals surface area contributed by atoms with Gasteiger partial charge in [-0.05, 0) is 42.1 Å². The molecule has 0 saturated carbocycles.